The Hall–Kier alpha value is -1.82. The van der Waals surface area contributed by atoms with Gasteiger partial charge in [0, 0.05) is 37.9 Å². The number of rotatable bonds is 7. The highest BCUT2D eigenvalue weighted by Crippen LogP contribution is 2.26. The van der Waals surface area contributed by atoms with E-state index in [1.807, 2.05) is 12.1 Å². The molecule has 3 rings (SSSR count). The van der Waals surface area contributed by atoms with Crippen molar-refractivity contribution in [1.82, 2.24) is 20.5 Å². The van der Waals surface area contributed by atoms with Gasteiger partial charge in [0.1, 0.15) is 12.4 Å². The lowest BCUT2D eigenvalue weighted by Gasteiger charge is -2.36. The molecule has 0 amide bonds. The van der Waals surface area contributed by atoms with E-state index in [9.17, 15) is 0 Å². The lowest BCUT2D eigenvalue weighted by atomic mass is 10.0. The monoisotopic (exact) mass is 359 g/mol. The van der Waals surface area contributed by atoms with E-state index in [-0.39, 0.29) is 0 Å². The number of aliphatic imine (C=N–C) groups is 1. The van der Waals surface area contributed by atoms with Crippen LogP contribution in [0.15, 0.2) is 29.5 Å². The maximum atomic E-state index is 5.66. The smallest absolute Gasteiger partial charge is 0.191 e. The van der Waals surface area contributed by atoms with Gasteiger partial charge in [-0.25, -0.2) is 4.99 Å². The minimum atomic E-state index is 0.518. The van der Waals surface area contributed by atoms with Gasteiger partial charge in [-0.3, -0.25) is 4.98 Å². The summed E-state index contributed by atoms with van der Waals surface area (Å²) in [6.07, 6.45) is 11.5. The summed E-state index contributed by atoms with van der Waals surface area (Å²) in [6, 6.07) is 5.16. The second-order valence-corrected chi connectivity index (χ2v) is 7.19. The Balaban J connectivity index is 1.40. The second-order valence-electron chi connectivity index (χ2n) is 7.19. The Morgan fingerprint density at radius 2 is 2.08 bits per heavy atom. The molecule has 0 spiro atoms. The first kappa shape index (κ1) is 19.0. The van der Waals surface area contributed by atoms with Crippen LogP contribution in [-0.2, 0) is 0 Å². The van der Waals surface area contributed by atoms with E-state index in [4.69, 9.17) is 4.74 Å². The molecule has 0 bridgehead atoms. The van der Waals surface area contributed by atoms with E-state index in [1.54, 1.807) is 12.4 Å². The third kappa shape index (κ3) is 5.87. The van der Waals surface area contributed by atoms with Crippen LogP contribution in [0.4, 0.5) is 0 Å². The predicted molar refractivity (Wildman–Crippen MR) is 106 cm³/mol. The molecule has 1 aromatic heterocycles. The summed E-state index contributed by atoms with van der Waals surface area (Å²) < 4.78 is 5.66. The Kier molecular flexibility index (Phi) is 7.55. The van der Waals surface area contributed by atoms with E-state index in [0.29, 0.717) is 19.2 Å². The molecule has 0 aromatic carbocycles. The van der Waals surface area contributed by atoms with Gasteiger partial charge in [0.05, 0.1) is 12.7 Å². The standard InChI is InChI=1S/C20H33N5O/c1-2-22-20(23-12-15-26-19-8-5-11-21-16-19)24-17-9-13-25(14-10-17)18-6-3-4-7-18/h5,8,11,16-18H,2-4,6-7,9-10,12-15H2,1H3,(H2,22,23,24). The number of pyridine rings is 1. The summed E-state index contributed by atoms with van der Waals surface area (Å²) in [6.45, 7) is 6.59. The van der Waals surface area contributed by atoms with Crippen LogP contribution in [0.5, 0.6) is 5.75 Å². The third-order valence-electron chi connectivity index (χ3n) is 5.32. The number of hydrogen-bond acceptors (Lipinski definition) is 4. The van der Waals surface area contributed by atoms with E-state index in [1.165, 1.54) is 51.6 Å². The Morgan fingerprint density at radius 1 is 1.27 bits per heavy atom. The van der Waals surface area contributed by atoms with Gasteiger partial charge in [-0.2, -0.15) is 0 Å². The molecular formula is C20H33N5O. The Morgan fingerprint density at radius 3 is 2.77 bits per heavy atom. The first-order valence-corrected chi connectivity index (χ1v) is 10.2. The van der Waals surface area contributed by atoms with Crippen molar-refractivity contribution in [2.75, 3.05) is 32.8 Å². The predicted octanol–water partition coefficient (Wildman–Crippen LogP) is 2.42. The maximum absolute atomic E-state index is 5.66. The van der Waals surface area contributed by atoms with Crippen LogP contribution in [0.1, 0.15) is 45.4 Å². The zero-order valence-electron chi connectivity index (χ0n) is 16.0. The summed E-state index contributed by atoms with van der Waals surface area (Å²) in [5.41, 5.74) is 0. The first-order chi connectivity index (χ1) is 12.8. The van der Waals surface area contributed by atoms with Gasteiger partial charge < -0.3 is 20.3 Å². The largest absolute Gasteiger partial charge is 0.490 e. The van der Waals surface area contributed by atoms with E-state index < -0.39 is 0 Å². The van der Waals surface area contributed by atoms with Gasteiger partial charge in [-0.15, -0.1) is 0 Å². The number of piperidine rings is 1. The molecule has 1 aliphatic carbocycles. The van der Waals surface area contributed by atoms with Gasteiger partial charge in [-0.05, 0) is 44.7 Å². The van der Waals surface area contributed by atoms with Crippen molar-refractivity contribution in [3.05, 3.63) is 24.5 Å². The van der Waals surface area contributed by atoms with E-state index in [0.717, 1.165) is 24.3 Å². The zero-order chi connectivity index (χ0) is 18.0. The van der Waals surface area contributed by atoms with Crippen molar-refractivity contribution < 1.29 is 4.74 Å². The zero-order valence-corrected chi connectivity index (χ0v) is 16.0. The SMILES string of the molecule is CCNC(=NCCOc1cccnc1)NC1CCN(C2CCCC2)CC1. The number of aromatic nitrogens is 1. The molecule has 26 heavy (non-hydrogen) atoms. The van der Waals surface area contributed by atoms with Gasteiger partial charge in [-0.1, -0.05) is 12.8 Å². The molecule has 6 heteroatoms. The molecule has 0 radical (unpaired) electrons. The van der Waals surface area contributed by atoms with Crippen LogP contribution in [0.2, 0.25) is 0 Å². The number of nitrogens with zero attached hydrogens (tertiary/aromatic N) is 3. The minimum absolute atomic E-state index is 0.518. The van der Waals surface area contributed by atoms with Crippen LogP contribution >= 0.6 is 0 Å². The minimum Gasteiger partial charge on any atom is -0.490 e. The lowest BCUT2D eigenvalue weighted by molar-refractivity contribution is 0.150. The molecule has 1 aliphatic heterocycles. The average molecular weight is 360 g/mol. The molecule has 6 nitrogen and oxygen atoms in total. The van der Waals surface area contributed by atoms with Gasteiger partial charge in [0.15, 0.2) is 5.96 Å². The van der Waals surface area contributed by atoms with Crippen molar-refractivity contribution in [2.45, 2.75) is 57.5 Å². The molecule has 2 aliphatic rings. The number of hydrogen-bond donors (Lipinski definition) is 2. The highest BCUT2D eigenvalue weighted by molar-refractivity contribution is 5.80. The first-order valence-electron chi connectivity index (χ1n) is 10.2. The fraction of sp³-hybridized carbons (Fsp3) is 0.700. The van der Waals surface area contributed by atoms with E-state index >= 15 is 0 Å². The molecule has 1 saturated carbocycles. The van der Waals surface area contributed by atoms with Crippen molar-refractivity contribution in [1.29, 1.82) is 0 Å². The fourth-order valence-electron chi connectivity index (χ4n) is 3.95. The van der Waals surface area contributed by atoms with Crippen LogP contribution in [0.3, 0.4) is 0 Å². The van der Waals surface area contributed by atoms with Crippen LogP contribution in [-0.4, -0.2) is 60.7 Å². The van der Waals surface area contributed by atoms with Crippen LogP contribution in [0, 0.1) is 0 Å². The maximum Gasteiger partial charge on any atom is 0.191 e. The molecule has 2 heterocycles. The summed E-state index contributed by atoms with van der Waals surface area (Å²) >= 11 is 0. The number of guanidine groups is 1. The highest BCUT2D eigenvalue weighted by Gasteiger charge is 2.27. The van der Waals surface area contributed by atoms with Gasteiger partial charge in [0.25, 0.3) is 0 Å². The van der Waals surface area contributed by atoms with Crippen LogP contribution in [0.25, 0.3) is 0 Å². The summed E-state index contributed by atoms with van der Waals surface area (Å²) in [4.78, 5) is 11.4. The number of nitrogens with one attached hydrogen (secondary N) is 2. The van der Waals surface area contributed by atoms with Gasteiger partial charge in [0.2, 0.25) is 0 Å². The number of likely N-dealkylation sites (tertiary alicyclic amines) is 1. The Labute approximate surface area is 157 Å². The lowest BCUT2D eigenvalue weighted by Crippen LogP contribution is -2.50. The third-order valence-corrected chi connectivity index (χ3v) is 5.32. The second kappa shape index (κ2) is 10.4. The van der Waals surface area contributed by atoms with Crippen LogP contribution < -0.4 is 15.4 Å². The molecule has 0 atom stereocenters. The summed E-state index contributed by atoms with van der Waals surface area (Å²) in [5, 5.41) is 6.96. The molecule has 1 aromatic rings. The highest BCUT2D eigenvalue weighted by atomic mass is 16.5. The number of ether oxygens (including phenoxy) is 1. The fourth-order valence-corrected chi connectivity index (χ4v) is 3.95. The topological polar surface area (TPSA) is 61.8 Å². The van der Waals surface area contributed by atoms with Gasteiger partial charge >= 0.3 is 0 Å². The van der Waals surface area contributed by atoms with E-state index in [2.05, 4.69) is 32.4 Å². The molecule has 1 saturated heterocycles. The molecule has 2 N–H and O–H groups in total. The normalized spacial score (nSPS) is 20.3. The molecule has 144 valence electrons. The molecule has 2 fully saturated rings. The Bertz CT molecular complexity index is 536. The van der Waals surface area contributed by atoms with Crippen molar-refractivity contribution in [3.63, 3.8) is 0 Å². The van der Waals surface area contributed by atoms with Crippen molar-refractivity contribution in [3.8, 4) is 5.75 Å². The average Bonchev–Trinajstić information content (AvgIpc) is 3.21. The molecular weight excluding hydrogens is 326 g/mol. The summed E-state index contributed by atoms with van der Waals surface area (Å²) in [7, 11) is 0. The van der Waals surface area contributed by atoms with Crippen molar-refractivity contribution >= 4 is 5.96 Å². The van der Waals surface area contributed by atoms with Crippen molar-refractivity contribution in [2.24, 2.45) is 4.99 Å². The quantitative estimate of drug-likeness (QED) is 0.445. The summed E-state index contributed by atoms with van der Waals surface area (Å²) in [5.74, 6) is 1.70. The molecule has 0 unspecified atom stereocenters.